The monoisotopic (exact) mass is 522 g/mol. The molecule has 8 heteroatoms. The Morgan fingerprint density at radius 1 is 0.676 bits per heavy atom. The van der Waals surface area contributed by atoms with Crippen LogP contribution in [0.1, 0.15) is 100 Å². The summed E-state index contributed by atoms with van der Waals surface area (Å²) in [7, 11) is 0. The van der Waals surface area contributed by atoms with Crippen LogP contribution in [-0.2, 0) is 28.7 Å². The largest absolute Gasteiger partial charge is 0.462 e. The lowest BCUT2D eigenvalue weighted by Crippen LogP contribution is -2.62. The maximum Gasteiger partial charge on any atom is 0.306 e. The second-order valence-corrected chi connectivity index (χ2v) is 12.9. The van der Waals surface area contributed by atoms with E-state index in [9.17, 15) is 9.59 Å². The highest BCUT2D eigenvalue weighted by atomic mass is 16.7. The molecule has 8 nitrogen and oxygen atoms in total. The summed E-state index contributed by atoms with van der Waals surface area (Å²) >= 11 is 0. The van der Waals surface area contributed by atoms with Crippen LogP contribution in [0.25, 0.3) is 0 Å². The highest BCUT2D eigenvalue weighted by molar-refractivity contribution is 5.72. The van der Waals surface area contributed by atoms with Crippen LogP contribution in [0, 0.1) is 0 Å². The van der Waals surface area contributed by atoms with Crippen molar-refractivity contribution in [2.75, 3.05) is 13.2 Å². The maximum absolute atomic E-state index is 12.6. The molecule has 2 aliphatic heterocycles. The fourth-order valence-electron chi connectivity index (χ4n) is 6.33. The predicted molar refractivity (Wildman–Crippen MR) is 144 cm³/mol. The number of nitrogens with zero attached hydrogens (tertiary/aromatic N) is 2. The smallest absolute Gasteiger partial charge is 0.306 e. The first-order valence-corrected chi connectivity index (χ1v) is 13.5. The lowest BCUT2D eigenvalue weighted by molar-refractivity contribution is -0.287. The fraction of sp³-hybridized carbons (Fsp3) is 0.793. The van der Waals surface area contributed by atoms with Crippen molar-refractivity contribution in [3.8, 4) is 0 Å². The number of esters is 2. The summed E-state index contributed by atoms with van der Waals surface area (Å²) < 4.78 is 11.7. The first-order chi connectivity index (χ1) is 17.0. The first-order valence-electron chi connectivity index (χ1n) is 13.5. The Bertz CT molecular complexity index is 717. The van der Waals surface area contributed by atoms with Gasteiger partial charge in [0.05, 0.1) is 13.2 Å². The number of hydrogen-bond acceptors (Lipinski definition) is 8. The van der Waals surface area contributed by atoms with Gasteiger partial charge in [0, 0.05) is 60.7 Å². The second kappa shape index (κ2) is 12.4. The van der Waals surface area contributed by atoms with Crippen LogP contribution < -0.4 is 0 Å². The fourth-order valence-corrected chi connectivity index (χ4v) is 6.33. The molecule has 0 spiro atoms. The van der Waals surface area contributed by atoms with Gasteiger partial charge in [-0.15, -0.1) is 13.2 Å². The van der Waals surface area contributed by atoms with Gasteiger partial charge >= 0.3 is 11.9 Å². The van der Waals surface area contributed by atoms with E-state index < -0.39 is 0 Å². The second-order valence-electron chi connectivity index (χ2n) is 12.9. The maximum atomic E-state index is 12.6. The number of hydrogen-bond donors (Lipinski definition) is 0. The average molecular weight is 523 g/mol. The van der Waals surface area contributed by atoms with E-state index in [1.807, 2.05) is 10.1 Å². The molecule has 0 amide bonds. The topological polar surface area (TPSA) is 77.5 Å². The number of hydroxylamine groups is 4. The molecule has 2 fully saturated rings. The molecule has 0 unspecified atom stereocenters. The number of carbonyl (C=O) groups excluding carboxylic acids is 2. The Labute approximate surface area is 224 Å². The van der Waals surface area contributed by atoms with Gasteiger partial charge in [-0.3, -0.25) is 19.3 Å². The number of ether oxygens (including phenoxy) is 2. The Kier molecular flexibility index (Phi) is 10.6. The average Bonchev–Trinajstić information content (AvgIpc) is 2.70. The molecule has 2 rings (SSSR count). The van der Waals surface area contributed by atoms with E-state index in [4.69, 9.17) is 19.1 Å². The Morgan fingerprint density at radius 3 is 1.24 bits per heavy atom. The lowest BCUT2D eigenvalue weighted by Gasteiger charge is -2.53. The molecule has 0 aromatic carbocycles. The molecule has 2 aliphatic rings. The SMILES string of the molecule is C=CCON1C(C)(C)CC(OC(=O)CCCC(=O)OC2CC(C)(C)N(OCC=C)C(C)(C)C2)CC1(C)C. The molecule has 2 saturated heterocycles. The summed E-state index contributed by atoms with van der Waals surface area (Å²) in [6.45, 7) is 25.0. The summed E-state index contributed by atoms with van der Waals surface area (Å²) in [4.78, 5) is 37.0. The van der Waals surface area contributed by atoms with Gasteiger partial charge in [-0.1, -0.05) is 12.2 Å². The van der Waals surface area contributed by atoms with Crippen LogP contribution >= 0.6 is 0 Å². The van der Waals surface area contributed by atoms with E-state index in [1.54, 1.807) is 12.2 Å². The summed E-state index contributed by atoms with van der Waals surface area (Å²) in [6.07, 6.45) is 6.51. The zero-order valence-electron chi connectivity index (χ0n) is 24.4. The lowest BCUT2D eigenvalue weighted by atomic mass is 9.80. The molecule has 2 heterocycles. The molecule has 0 bridgehead atoms. The van der Waals surface area contributed by atoms with Gasteiger partial charge in [0.1, 0.15) is 12.2 Å². The van der Waals surface area contributed by atoms with E-state index in [1.165, 1.54) is 0 Å². The Balaban J connectivity index is 1.81. The van der Waals surface area contributed by atoms with Crippen LogP contribution in [0.5, 0.6) is 0 Å². The van der Waals surface area contributed by atoms with E-state index in [0.29, 0.717) is 45.3 Å². The molecular formula is C29H50N2O6. The van der Waals surface area contributed by atoms with Crippen molar-refractivity contribution in [1.29, 1.82) is 0 Å². The summed E-state index contributed by atoms with van der Waals surface area (Å²) in [5.74, 6) is -0.556. The van der Waals surface area contributed by atoms with Crippen molar-refractivity contribution in [1.82, 2.24) is 10.1 Å². The molecule has 0 saturated carbocycles. The van der Waals surface area contributed by atoms with Crippen molar-refractivity contribution >= 4 is 11.9 Å². The minimum absolute atomic E-state index is 0.188. The van der Waals surface area contributed by atoms with Crippen LogP contribution in [0.4, 0.5) is 0 Å². The zero-order chi connectivity index (χ0) is 28.1. The van der Waals surface area contributed by atoms with Gasteiger partial charge in [0.25, 0.3) is 0 Å². The van der Waals surface area contributed by atoms with Crippen molar-refractivity contribution in [3.05, 3.63) is 25.3 Å². The third-order valence-electron chi connectivity index (χ3n) is 7.11. The Hall–Kier alpha value is -1.74. The third-order valence-corrected chi connectivity index (χ3v) is 7.11. The van der Waals surface area contributed by atoms with Crippen LogP contribution in [0.2, 0.25) is 0 Å². The van der Waals surface area contributed by atoms with Crippen LogP contribution in [0.3, 0.4) is 0 Å². The van der Waals surface area contributed by atoms with Crippen molar-refractivity contribution < 1.29 is 28.7 Å². The van der Waals surface area contributed by atoms with Gasteiger partial charge in [0.15, 0.2) is 0 Å². The normalized spacial score (nSPS) is 23.8. The van der Waals surface area contributed by atoms with E-state index in [-0.39, 0.29) is 59.1 Å². The zero-order valence-corrected chi connectivity index (χ0v) is 24.4. The number of carbonyl (C=O) groups is 2. The molecule has 212 valence electrons. The Morgan fingerprint density at radius 2 is 0.973 bits per heavy atom. The number of rotatable bonds is 12. The first kappa shape index (κ1) is 31.5. The highest BCUT2D eigenvalue weighted by Crippen LogP contribution is 2.41. The van der Waals surface area contributed by atoms with E-state index in [0.717, 1.165) is 0 Å². The molecule has 0 N–H and O–H groups in total. The minimum Gasteiger partial charge on any atom is -0.462 e. The molecule has 0 radical (unpaired) electrons. The predicted octanol–water partition coefficient (Wildman–Crippen LogP) is 5.52. The van der Waals surface area contributed by atoms with Gasteiger partial charge < -0.3 is 9.47 Å². The van der Waals surface area contributed by atoms with Crippen molar-refractivity contribution in [3.63, 3.8) is 0 Å². The minimum atomic E-state index is -0.298. The van der Waals surface area contributed by atoms with Gasteiger partial charge in [-0.05, 0) is 61.8 Å². The van der Waals surface area contributed by atoms with Crippen molar-refractivity contribution in [2.45, 2.75) is 135 Å². The molecular weight excluding hydrogens is 472 g/mol. The van der Waals surface area contributed by atoms with Crippen LogP contribution in [0.15, 0.2) is 25.3 Å². The number of piperidine rings is 2. The molecule has 0 aliphatic carbocycles. The third kappa shape index (κ3) is 8.63. The molecule has 37 heavy (non-hydrogen) atoms. The molecule has 0 aromatic rings. The van der Waals surface area contributed by atoms with E-state index >= 15 is 0 Å². The summed E-state index contributed by atoms with van der Waals surface area (Å²) in [5, 5.41) is 4.00. The molecule has 0 aromatic heterocycles. The highest BCUT2D eigenvalue weighted by Gasteiger charge is 2.49. The summed E-state index contributed by atoms with van der Waals surface area (Å²) in [5.41, 5.74) is -1.19. The van der Waals surface area contributed by atoms with E-state index in [2.05, 4.69) is 68.5 Å². The quantitative estimate of drug-likeness (QED) is 0.245. The van der Waals surface area contributed by atoms with Crippen LogP contribution in [-0.4, -0.2) is 69.6 Å². The standard InChI is InChI=1S/C29H50N2O6/c1-11-16-34-30-26(3,4)18-22(19-27(30,5)6)36-24(32)14-13-15-25(33)37-23-20-28(7,8)31(35-17-12-2)29(9,10)21-23/h11-12,22-23H,1-2,13-21H2,3-10H3. The van der Waals surface area contributed by atoms with Crippen molar-refractivity contribution in [2.24, 2.45) is 0 Å². The van der Waals surface area contributed by atoms with Gasteiger partial charge in [-0.2, -0.15) is 10.1 Å². The molecule has 0 atom stereocenters. The van der Waals surface area contributed by atoms with Gasteiger partial charge in [0.2, 0.25) is 0 Å². The summed E-state index contributed by atoms with van der Waals surface area (Å²) in [6, 6.07) is 0. The van der Waals surface area contributed by atoms with Gasteiger partial charge in [-0.25, -0.2) is 0 Å².